The zero-order valence-electron chi connectivity index (χ0n) is 7.94. The number of carbonyl (C=O) groups excluding carboxylic acids is 1. The molecule has 0 radical (unpaired) electrons. The third-order valence-corrected chi connectivity index (χ3v) is 2.09. The summed E-state index contributed by atoms with van der Waals surface area (Å²) in [5.74, 6) is 0.196. The first-order valence-electron chi connectivity index (χ1n) is 4.19. The molecule has 0 heterocycles. The minimum atomic E-state index is -0.538. The first kappa shape index (κ1) is 10.6. The lowest BCUT2D eigenvalue weighted by atomic mass is 9.93. The highest BCUT2D eigenvalue weighted by molar-refractivity contribution is 5.86. The van der Waals surface area contributed by atoms with Crippen molar-refractivity contribution in [2.75, 3.05) is 7.11 Å². The topological polar surface area (TPSA) is 26.3 Å². The van der Waals surface area contributed by atoms with Crippen LogP contribution in [-0.4, -0.2) is 18.5 Å². The molecule has 0 rings (SSSR count). The highest BCUT2D eigenvalue weighted by atomic mass is 16.5. The molecule has 0 aliphatic rings. The van der Waals surface area contributed by atoms with Gasteiger partial charge in [0.2, 0.25) is 0 Å². The molecule has 0 amide bonds. The smallest absolute Gasteiger partial charge is 0.164 e. The van der Waals surface area contributed by atoms with Crippen molar-refractivity contribution in [3.8, 4) is 0 Å². The molecule has 2 heteroatoms. The second kappa shape index (κ2) is 4.50. The Balaban J connectivity index is 4.19. The van der Waals surface area contributed by atoms with Crippen LogP contribution in [0.15, 0.2) is 0 Å². The standard InChI is InChI=1S/C9H18O2/c1-5-7-9(3,11-4)8(10)6-2/h5-7H2,1-4H3. The van der Waals surface area contributed by atoms with Gasteiger partial charge in [-0.3, -0.25) is 4.79 Å². The molecule has 0 bridgehead atoms. The number of hydrogen-bond acceptors (Lipinski definition) is 2. The molecule has 0 saturated carbocycles. The number of ketones is 1. The largest absolute Gasteiger partial charge is 0.371 e. The predicted octanol–water partition coefficient (Wildman–Crippen LogP) is 2.17. The lowest BCUT2D eigenvalue weighted by molar-refractivity contribution is -0.139. The molecular weight excluding hydrogens is 140 g/mol. The molecule has 1 unspecified atom stereocenters. The van der Waals surface area contributed by atoms with Gasteiger partial charge in [-0.2, -0.15) is 0 Å². The van der Waals surface area contributed by atoms with Gasteiger partial charge in [0.05, 0.1) is 0 Å². The van der Waals surface area contributed by atoms with Gasteiger partial charge in [0.1, 0.15) is 5.60 Å². The lowest BCUT2D eigenvalue weighted by Gasteiger charge is -2.25. The normalized spacial score (nSPS) is 16.0. The zero-order valence-corrected chi connectivity index (χ0v) is 7.94. The zero-order chi connectivity index (χ0) is 8.91. The summed E-state index contributed by atoms with van der Waals surface area (Å²) < 4.78 is 5.18. The van der Waals surface area contributed by atoms with Crippen molar-refractivity contribution in [2.24, 2.45) is 0 Å². The Hall–Kier alpha value is -0.370. The number of Topliss-reactive ketones (excluding diaryl/α,β-unsaturated/α-hetero) is 1. The molecule has 0 fully saturated rings. The van der Waals surface area contributed by atoms with E-state index >= 15 is 0 Å². The SMILES string of the molecule is CCCC(C)(OC)C(=O)CC. The first-order valence-corrected chi connectivity index (χ1v) is 4.19. The van der Waals surface area contributed by atoms with Gasteiger partial charge in [0.15, 0.2) is 5.78 Å². The average Bonchev–Trinajstić information content (AvgIpc) is 2.03. The van der Waals surface area contributed by atoms with Gasteiger partial charge >= 0.3 is 0 Å². The molecule has 0 aromatic heterocycles. The maximum atomic E-state index is 11.3. The Morgan fingerprint density at radius 3 is 2.27 bits per heavy atom. The number of ether oxygens (including phenoxy) is 1. The minimum Gasteiger partial charge on any atom is -0.371 e. The summed E-state index contributed by atoms with van der Waals surface area (Å²) in [5, 5.41) is 0. The highest BCUT2D eigenvalue weighted by Crippen LogP contribution is 2.19. The van der Waals surface area contributed by atoms with Crippen molar-refractivity contribution in [1.29, 1.82) is 0 Å². The first-order chi connectivity index (χ1) is 5.10. The van der Waals surface area contributed by atoms with Gasteiger partial charge in [0.25, 0.3) is 0 Å². The van der Waals surface area contributed by atoms with E-state index in [0.29, 0.717) is 6.42 Å². The van der Waals surface area contributed by atoms with Crippen molar-refractivity contribution in [3.63, 3.8) is 0 Å². The van der Waals surface area contributed by atoms with Crippen molar-refractivity contribution in [2.45, 2.75) is 45.6 Å². The molecule has 0 spiro atoms. The van der Waals surface area contributed by atoms with E-state index in [2.05, 4.69) is 6.92 Å². The number of rotatable bonds is 5. The fourth-order valence-electron chi connectivity index (χ4n) is 1.21. The molecule has 0 aliphatic heterocycles. The Bertz CT molecular complexity index is 132. The molecule has 0 N–H and O–H groups in total. The van der Waals surface area contributed by atoms with Crippen molar-refractivity contribution in [3.05, 3.63) is 0 Å². The maximum Gasteiger partial charge on any atom is 0.164 e. The molecule has 0 saturated heterocycles. The van der Waals surface area contributed by atoms with Gasteiger partial charge in [-0.25, -0.2) is 0 Å². The summed E-state index contributed by atoms with van der Waals surface area (Å²) in [4.78, 5) is 11.3. The molecule has 2 nitrogen and oxygen atoms in total. The van der Waals surface area contributed by atoms with Crippen LogP contribution in [0, 0.1) is 0 Å². The second-order valence-corrected chi connectivity index (χ2v) is 2.96. The molecule has 11 heavy (non-hydrogen) atoms. The Morgan fingerprint density at radius 1 is 1.45 bits per heavy atom. The van der Waals surface area contributed by atoms with Gasteiger partial charge in [-0.1, -0.05) is 20.3 Å². The fourth-order valence-corrected chi connectivity index (χ4v) is 1.21. The van der Waals surface area contributed by atoms with Gasteiger partial charge in [-0.15, -0.1) is 0 Å². The van der Waals surface area contributed by atoms with E-state index in [4.69, 9.17) is 4.74 Å². The number of hydrogen-bond donors (Lipinski definition) is 0. The average molecular weight is 158 g/mol. The molecule has 0 aliphatic carbocycles. The summed E-state index contributed by atoms with van der Waals surface area (Å²) in [6.07, 6.45) is 2.36. The van der Waals surface area contributed by atoms with Crippen LogP contribution < -0.4 is 0 Å². The third-order valence-electron chi connectivity index (χ3n) is 2.09. The van der Waals surface area contributed by atoms with E-state index in [0.717, 1.165) is 12.8 Å². The van der Waals surface area contributed by atoms with E-state index in [1.165, 1.54) is 0 Å². The highest BCUT2D eigenvalue weighted by Gasteiger charge is 2.29. The van der Waals surface area contributed by atoms with Gasteiger partial charge < -0.3 is 4.74 Å². The predicted molar refractivity (Wildman–Crippen MR) is 45.6 cm³/mol. The van der Waals surface area contributed by atoms with E-state index < -0.39 is 5.60 Å². The molecule has 66 valence electrons. The van der Waals surface area contributed by atoms with E-state index in [1.807, 2.05) is 13.8 Å². The quantitative estimate of drug-likeness (QED) is 0.613. The maximum absolute atomic E-state index is 11.3. The van der Waals surface area contributed by atoms with Crippen LogP contribution in [0.2, 0.25) is 0 Å². The summed E-state index contributed by atoms with van der Waals surface area (Å²) in [6.45, 7) is 5.79. The number of methoxy groups -OCH3 is 1. The van der Waals surface area contributed by atoms with Crippen LogP contribution in [0.4, 0.5) is 0 Å². The summed E-state index contributed by atoms with van der Waals surface area (Å²) in [7, 11) is 1.60. The van der Waals surface area contributed by atoms with Crippen molar-refractivity contribution in [1.82, 2.24) is 0 Å². The molecule has 0 aromatic carbocycles. The second-order valence-electron chi connectivity index (χ2n) is 2.96. The van der Waals surface area contributed by atoms with Crippen LogP contribution in [0.25, 0.3) is 0 Å². The van der Waals surface area contributed by atoms with Gasteiger partial charge in [-0.05, 0) is 13.3 Å². The monoisotopic (exact) mass is 158 g/mol. The Kier molecular flexibility index (Phi) is 4.34. The van der Waals surface area contributed by atoms with Crippen LogP contribution in [0.3, 0.4) is 0 Å². The van der Waals surface area contributed by atoms with Crippen molar-refractivity contribution < 1.29 is 9.53 Å². The Morgan fingerprint density at radius 2 is 2.00 bits per heavy atom. The van der Waals surface area contributed by atoms with Crippen LogP contribution >= 0.6 is 0 Å². The summed E-state index contributed by atoms with van der Waals surface area (Å²) >= 11 is 0. The fraction of sp³-hybridized carbons (Fsp3) is 0.889. The minimum absolute atomic E-state index is 0.196. The van der Waals surface area contributed by atoms with Crippen LogP contribution in [0.5, 0.6) is 0 Å². The van der Waals surface area contributed by atoms with E-state index in [-0.39, 0.29) is 5.78 Å². The summed E-state index contributed by atoms with van der Waals surface area (Å²) in [6, 6.07) is 0. The van der Waals surface area contributed by atoms with Crippen LogP contribution in [-0.2, 0) is 9.53 Å². The Labute approximate surface area is 68.9 Å². The van der Waals surface area contributed by atoms with Gasteiger partial charge in [0, 0.05) is 13.5 Å². The molecule has 0 aromatic rings. The lowest BCUT2D eigenvalue weighted by Crippen LogP contribution is -2.36. The van der Waals surface area contributed by atoms with Crippen LogP contribution in [0.1, 0.15) is 40.0 Å². The summed E-state index contributed by atoms with van der Waals surface area (Å²) in [5.41, 5.74) is -0.538. The van der Waals surface area contributed by atoms with Crippen molar-refractivity contribution >= 4 is 5.78 Å². The van der Waals surface area contributed by atoms with E-state index in [9.17, 15) is 4.79 Å². The third kappa shape index (κ3) is 2.62. The van der Waals surface area contributed by atoms with E-state index in [1.54, 1.807) is 7.11 Å². The molecule has 1 atom stereocenters. The number of carbonyl (C=O) groups is 1. The molecular formula is C9H18O2.